The van der Waals surface area contributed by atoms with Gasteiger partial charge in [0, 0.05) is 13.0 Å². The van der Waals surface area contributed by atoms with E-state index in [1.807, 2.05) is 6.07 Å². The van der Waals surface area contributed by atoms with Gasteiger partial charge in [0.05, 0.1) is 24.0 Å². The molecule has 0 aliphatic carbocycles. The first-order chi connectivity index (χ1) is 13.5. The Morgan fingerprint density at radius 3 is 3.00 bits per heavy atom. The maximum Gasteiger partial charge on any atom is 0.410 e. The Hall–Kier alpha value is -3.72. The predicted molar refractivity (Wildman–Crippen MR) is 96.8 cm³/mol. The Labute approximate surface area is 160 Å². The quantitative estimate of drug-likeness (QED) is 0.637. The number of likely N-dealkylation sites (tertiary alicyclic amines) is 1. The number of hydrogen-bond donors (Lipinski definition) is 1. The Kier molecular flexibility index (Phi) is 4.08. The summed E-state index contributed by atoms with van der Waals surface area (Å²) in [5.41, 5.74) is 1.20. The fourth-order valence-corrected chi connectivity index (χ4v) is 3.96. The highest BCUT2D eigenvalue weighted by Gasteiger charge is 2.49. The van der Waals surface area contributed by atoms with Crippen molar-refractivity contribution < 1.29 is 14.6 Å². The van der Waals surface area contributed by atoms with Gasteiger partial charge in [-0.25, -0.2) is 19.1 Å². The molecular formula is C19H17N5O4. The number of terminal acetylenes is 1. The van der Waals surface area contributed by atoms with Crippen molar-refractivity contribution in [3.8, 4) is 30.0 Å². The molecule has 28 heavy (non-hydrogen) atoms. The number of fused-ring (bicyclic) bond motifs is 5. The molecule has 4 heterocycles. The highest BCUT2D eigenvalue weighted by molar-refractivity contribution is 5.69. The number of nitriles is 1. The minimum Gasteiger partial charge on any atom is -0.493 e. The average Bonchev–Trinajstić information content (AvgIpc) is 3.33. The second-order valence-electron chi connectivity index (χ2n) is 6.79. The van der Waals surface area contributed by atoms with Crippen molar-refractivity contribution in [3.63, 3.8) is 0 Å². The highest BCUT2D eigenvalue weighted by atomic mass is 16.6. The standard InChI is InChI=1S/C19H17N5O4/c1-3-4-5-28-19(27)22-10-13-7-15(22)16-17(25)24(18(26)23(13)16)12-6-11(2)14(8-20)21-9-12/h1,6,9,13,15,25H,4-5,7,10H2,2H3/t13-,15-/m0/s1. The summed E-state index contributed by atoms with van der Waals surface area (Å²) in [5, 5.41) is 19.8. The van der Waals surface area contributed by atoms with Gasteiger partial charge < -0.3 is 9.84 Å². The van der Waals surface area contributed by atoms with Gasteiger partial charge in [0.2, 0.25) is 5.88 Å². The number of imidazole rings is 1. The third-order valence-corrected chi connectivity index (χ3v) is 5.19. The first kappa shape index (κ1) is 17.7. The van der Waals surface area contributed by atoms with Crippen molar-refractivity contribution in [2.45, 2.75) is 31.8 Å². The van der Waals surface area contributed by atoms with Gasteiger partial charge in [-0.3, -0.25) is 9.47 Å². The number of ether oxygens (including phenoxy) is 1. The van der Waals surface area contributed by atoms with Crippen LogP contribution in [0.2, 0.25) is 0 Å². The van der Waals surface area contributed by atoms with E-state index in [9.17, 15) is 14.7 Å². The van der Waals surface area contributed by atoms with Crippen LogP contribution < -0.4 is 5.69 Å². The summed E-state index contributed by atoms with van der Waals surface area (Å²) in [6.45, 7) is 2.16. The van der Waals surface area contributed by atoms with Crippen molar-refractivity contribution in [1.82, 2.24) is 19.0 Å². The van der Waals surface area contributed by atoms with E-state index in [1.54, 1.807) is 13.0 Å². The number of aromatic hydroxyl groups is 1. The molecule has 2 aromatic heterocycles. The molecular weight excluding hydrogens is 362 g/mol. The lowest BCUT2D eigenvalue weighted by Crippen LogP contribution is -2.38. The number of carbonyl (C=O) groups excluding carboxylic acids is 1. The van der Waals surface area contributed by atoms with Gasteiger partial charge in [0.15, 0.2) is 0 Å². The largest absolute Gasteiger partial charge is 0.493 e. The van der Waals surface area contributed by atoms with Crippen molar-refractivity contribution >= 4 is 6.09 Å². The number of aryl methyl sites for hydroxylation is 1. The maximum absolute atomic E-state index is 12.9. The van der Waals surface area contributed by atoms with Crippen LogP contribution in [-0.4, -0.2) is 43.4 Å². The number of amides is 1. The third kappa shape index (κ3) is 2.44. The third-order valence-electron chi connectivity index (χ3n) is 5.19. The lowest BCUT2D eigenvalue weighted by atomic mass is 10.2. The molecule has 1 N–H and O–H groups in total. The number of hydrogen-bond acceptors (Lipinski definition) is 6. The number of pyridine rings is 1. The van der Waals surface area contributed by atoms with Crippen LogP contribution >= 0.6 is 0 Å². The van der Waals surface area contributed by atoms with E-state index in [4.69, 9.17) is 16.4 Å². The molecule has 0 radical (unpaired) electrons. The second-order valence-corrected chi connectivity index (χ2v) is 6.79. The van der Waals surface area contributed by atoms with Crippen LogP contribution in [0.15, 0.2) is 17.1 Å². The van der Waals surface area contributed by atoms with Gasteiger partial charge in [0.25, 0.3) is 0 Å². The summed E-state index contributed by atoms with van der Waals surface area (Å²) in [6, 6.07) is 2.92. The van der Waals surface area contributed by atoms with Gasteiger partial charge >= 0.3 is 11.8 Å². The van der Waals surface area contributed by atoms with Gasteiger partial charge in [-0.05, 0) is 25.0 Å². The first-order valence-electron chi connectivity index (χ1n) is 8.78. The number of carbonyl (C=O) groups is 1. The lowest BCUT2D eigenvalue weighted by Gasteiger charge is -2.26. The molecule has 9 nitrogen and oxygen atoms in total. The van der Waals surface area contributed by atoms with Crippen LogP contribution in [0.25, 0.3) is 5.69 Å². The van der Waals surface area contributed by atoms with Crippen LogP contribution in [0.4, 0.5) is 4.79 Å². The monoisotopic (exact) mass is 379 g/mol. The molecule has 2 aliphatic heterocycles. The maximum atomic E-state index is 12.9. The van der Waals surface area contributed by atoms with E-state index >= 15 is 0 Å². The Morgan fingerprint density at radius 2 is 2.32 bits per heavy atom. The van der Waals surface area contributed by atoms with Crippen LogP contribution in [-0.2, 0) is 4.74 Å². The molecule has 4 rings (SSSR count). The highest BCUT2D eigenvalue weighted by Crippen LogP contribution is 2.48. The Balaban J connectivity index is 1.70. The minimum atomic E-state index is -0.510. The van der Waals surface area contributed by atoms with Gasteiger partial charge in [-0.15, -0.1) is 12.3 Å². The number of rotatable bonds is 3. The molecule has 2 aromatic rings. The first-order valence-corrected chi connectivity index (χ1v) is 8.78. The van der Waals surface area contributed by atoms with Crippen molar-refractivity contribution in [2.75, 3.05) is 13.2 Å². The fourth-order valence-electron chi connectivity index (χ4n) is 3.96. The van der Waals surface area contributed by atoms with Gasteiger partial charge in [-0.1, -0.05) is 0 Å². The summed E-state index contributed by atoms with van der Waals surface area (Å²) < 4.78 is 7.85. The normalized spacial score (nSPS) is 19.2. The summed E-state index contributed by atoms with van der Waals surface area (Å²) >= 11 is 0. The van der Waals surface area contributed by atoms with Crippen LogP contribution in [0, 0.1) is 30.6 Å². The second kappa shape index (κ2) is 6.46. The van der Waals surface area contributed by atoms with E-state index in [2.05, 4.69) is 10.9 Å². The zero-order valence-corrected chi connectivity index (χ0v) is 15.1. The molecule has 142 valence electrons. The van der Waals surface area contributed by atoms with E-state index in [1.165, 1.54) is 15.7 Å². The van der Waals surface area contributed by atoms with Crippen molar-refractivity contribution in [2.24, 2.45) is 0 Å². The zero-order chi connectivity index (χ0) is 20.0. The minimum absolute atomic E-state index is 0.124. The van der Waals surface area contributed by atoms with Crippen molar-refractivity contribution in [3.05, 3.63) is 39.7 Å². The number of nitrogens with zero attached hydrogens (tertiary/aromatic N) is 5. The molecule has 2 atom stereocenters. The van der Waals surface area contributed by atoms with Crippen molar-refractivity contribution in [1.29, 1.82) is 5.26 Å². The zero-order valence-electron chi connectivity index (χ0n) is 15.1. The molecule has 2 aliphatic rings. The van der Waals surface area contributed by atoms with E-state index < -0.39 is 17.8 Å². The molecule has 0 saturated carbocycles. The van der Waals surface area contributed by atoms with Crippen LogP contribution in [0.3, 0.4) is 0 Å². The molecule has 9 heteroatoms. The van der Waals surface area contributed by atoms with E-state index in [0.717, 1.165) is 4.57 Å². The molecule has 1 amide bonds. The van der Waals surface area contributed by atoms with Crippen LogP contribution in [0.1, 0.15) is 41.9 Å². The SMILES string of the molecule is C#CCCOC(=O)N1C[C@@H]2C[C@H]1c1c(O)n(-c3cnc(C#N)c(C)c3)c(=O)n12. The summed E-state index contributed by atoms with van der Waals surface area (Å²) in [6.07, 6.45) is 6.90. The molecule has 1 saturated heterocycles. The molecule has 2 bridgehead atoms. The van der Waals surface area contributed by atoms with E-state index in [-0.39, 0.29) is 24.2 Å². The predicted octanol–water partition coefficient (Wildman–Crippen LogP) is 1.38. The fraction of sp³-hybridized carbons (Fsp3) is 0.368. The smallest absolute Gasteiger partial charge is 0.410 e. The topological polar surface area (TPSA) is 113 Å². The molecule has 0 unspecified atom stereocenters. The Morgan fingerprint density at radius 1 is 1.54 bits per heavy atom. The lowest BCUT2D eigenvalue weighted by molar-refractivity contribution is 0.0946. The summed E-state index contributed by atoms with van der Waals surface area (Å²) in [4.78, 5) is 30.8. The molecule has 1 fully saturated rings. The number of aromatic nitrogens is 3. The molecule has 0 spiro atoms. The average molecular weight is 379 g/mol. The van der Waals surface area contributed by atoms with Gasteiger partial charge in [-0.2, -0.15) is 5.26 Å². The summed E-state index contributed by atoms with van der Waals surface area (Å²) in [5.74, 6) is 2.17. The van der Waals surface area contributed by atoms with E-state index in [0.29, 0.717) is 36.3 Å². The Bertz CT molecular complexity index is 1120. The van der Waals surface area contributed by atoms with Crippen LogP contribution in [0.5, 0.6) is 5.88 Å². The van der Waals surface area contributed by atoms with Gasteiger partial charge in [0.1, 0.15) is 24.1 Å². The summed E-state index contributed by atoms with van der Waals surface area (Å²) in [7, 11) is 0. The molecule has 0 aromatic carbocycles.